The first-order valence-electron chi connectivity index (χ1n) is 8.15. The predicted octanol–water partition coefficient (Wildman–Crippen LogP) is 4.30. The second kappa shape index (κ2) is 8.63. The van der Waals surface area contributed by atoms with Gasteiger partial charge in [-0.25, -0.2) is 4.79 Å². The predicted molar refractivity (Wildman–Crippen MR) is 101 cm³/mol. The molecule has 1 heterocycles. The van der Waals surface area contributed by atoms with Crippen molar-refractivity contribution in [1.82, 2.24) is 10.2 Å². The number of hydrogen-bond acceptors (Lipinski definition) is 5. The highest BCUT2D eigenvalue weighted by Crippen LogP contribution is 2.25. The average Bonchev–Trinajstić information content (AvgIpc) is 2.95. The highest BCUT2D eigenvalue weighted by Gasteiger charge is 2.16. The molecule has 0 fully saturated rings. The summed E-state index contributed by atoms with van der Waals surface area (Å²) >= 11 is 1.40. The molecular formula is C17H25N5OS. The maximum absolute atomic E-state index is 12.0. The van der Waals surface area contributed by atoms with Gasteiger partial charge in [-0.15, -0.1) is 10.2 Å². The summed E-state index contributed by atoms with van der Waals surface area (Å²) in [6, 6.07) is 8.99. The van der Waals surface area contributed by atoms with Crippen molar-refractivity contribution in [2.45, 2.75) is 27.7 Å². The van der Waals surface area contributed by atoms with E-state index in [1.807, 2.05) is 30.3 Å². The number of para-hydroxylation sites is 1. The number of aromatic nitrogens is 2. The molecule has 0 spiro atoms. The van der Waals surface area contributed by atoms with Gasteiger partial charge in [0.1, 0.15) is 0 Å². The molecule has 0 atom stereocenters. The Morgan fingerprint density at radius 3 is 2.25 bits per heavy atom. The van der Waals surface area contributed by atoms with Gasteiger partial charge in [-0.2, -0.15) is 0 Å². The van der Waals surface area contributed by atoms with Gasteiger partial charge in [0.25, 0.3) is 0 Å². The van der Waals surface area contributed by atoms with E-state index >= 15 is 0 Å². The summed E-state index contributed by atoms with van der Waals surface area (Å²) in [5.74, 6) is 1.07. The van der Waals surface area contributed by atoms with Crippen molar-refractivity contribution in [2.24, 2.45) is 11.8 Å². The maximum atomic E-state index is 12.0. The summed E-state index contributed by atoms with van der Waals surface area (Å²) in [4.78, 5) is 14.2. The fourth-order valence-corrected chi connectivity index (χ4v) is 3.05. The second-order valence-electron chi connectivity index (χ2n) is 6.53. The molecular weight excluding hydrogens is 322 g/mol. The van der Waals surface area contributed by atoms with E-state index in [9.17, 15) is 4.79 Å². The summed E-state index contributed by atoms with van der Waals surface area (Å²) in [5.41, 5.74) is 0.737. The van der Waals surface area contributed by atoms with Crippen LogP contribution in [0.3, 0.4) is 0 Å². The lowest BCUT2D eigenvalue weighted by molar-refractivity contribution is 0.262. The molecule has 2 N–H and O–H groups in total. The summed E-state index contributed by atoms with van der Waals surface area (Å²) < 4.78 is 0. The number of benzene rings is 1. The minimum absolute atomic E-state index is 0.317. The highest BCUT2D eigenvalue weighted by atomic mass is 32.1. The minimum atomic E-state index is -0.317. The molecule has 0 aliphatic heterocycles. The summed E-state index contributed by atoms with van der Waals surface area (Å²) in [6.45, 7) is 10.6. The van der Waals surface area contributed by atoms with Crippen molar-refractivity contribution in [3.63, 3.8) is 0 Å². The van der Waals surface area contributed by atoms with Gasteiger partial charge in [-0.3, -0.25) is 5.32 Å². The summed E-state index contributed by atoms with van der Waals surface area (Å²) in [7, 11) is 0. The van der Waals surface area contributed by atoms with Gasteiger partial charge in [0.15, 0.2) is 0 Å². The molecule has 1 aromatic carbocycles. The van der Waals surface area contributed by atoms with Crippen LogP contribution >= 0.6 is 11.3 Å². The first-order valence-corrected chi connectivity index (χ1v) is 8.97. The molecule has 7 heteroatoms. The normalized spacial score (nSPS) is 10.9. The molecule has 2 rings (SSSR count). The van der Waals surface area contributed by atoms with E-state index in [-0.39, 0.29) is 6.03 Å². The van der Waals surface area contributed by atoms with E-state index in [4.69, 9.17) is 0 Å². The van der Waals surface area contributed by atoms with E-state index in [1.54, 1.807) is 0 Å². The van der Waals surface area contributed by atoms with Crippen LogP contribution in [-0.2, 0) is 0 Å². The van der Waals surface area contributed by atoms with Crippen LogP contribution in [-0.4, -0.2) is 29.3 Å². The van der Waals surface area contributed by atoms with E-state index in [0.29, 0.717) is 17.0 Å². The van der Waals surface area contributed by atoms with E-state index in [0.717, 1.165) is 23.9 Å². The van der Waals surface area contributed by atoms with Crippen molar-refractivity contribution in [2.75, 3.05) is 28.6 Å². The Balaban J connectivity index is 1.99. The topological polar surface area (TPSA) is 70.2 Å². The Morgan fingerprint density at radius 2 is 1.67 bits per heavy atom. The third-order valence-corrected chi connectivity index (χ3v) is 4.01. The number of urea groups is 1. The second-order valence-corrected chi connectivity index (χ2v) is 7.48. The van der Waals surface area contributed by atoms with Crippen molar-refractivity contribution in [3.8, 4) is 0 Å². The number of anilines is 3. The standard InChI is InChI=1S/C17H25N5OS/c1-12(2)10-22(11-13(3)4)17-21-20-16(24-17)19-15(23)18-14-8-6-5-7-9-14/h5-9,12-13H,10-11H2,1-4H3,(H2,18,19,20,23). The molecule has 24 heavy (non-hydrogen) atoms. The molecule has 0 aliphatic rings. The zero-order valence-electron chi connectivity index (χ0n) is 14.6. The summed E-state index contributed by atoms with van der Waals surface area (Å²) in [6.07, 6.45) is 0. The number of nitrogens with zero attached hydrogens (tertiary/aromatic N) is 3. The van der Waals surface area contributed by atoms with Crippen LogP contribution in [0.25, 0.3) is 0 Å². The summed E-state index contributed by atoms with van der Waals surface area (Å²) in [5, 5.41) is 15.2. The van der Waals surface area contributed by atoms with Crippen molar-refractivity contribution in [1.29, 1.82) is 0 Å². The number of hydrogen-bond donors (Lipinski definition) is 2. The molecule has 6 nitrogen and oxygen atoms in total. The third kappa shape index (κ3) is 5.81. The van der Waals surface area contributed by atoms with Gasteiger partial charge in [-0.1, -0.05) is 57.2 Å². The van der Waals surface area contributed by atoms with Gasteiger partial charge in [0, 0.05) is 18.8 Å². The Kier molecular flexibility index (Phi) is 6.54. The first kappa shape index (κ1) is 18.2. The first-order chi connectivity index (χ1) is 11.4. The Morgan fingerprint density at radius 1 is 1.04 bits per heavy atom. The largest absolute Gasteiger partial charge is 0.346 e. The van der Waals surface area contributed by atoms with E-state index in [1.165, 1.54) is 11.3 Å². The molecule has 0 aliphatic carbocycles. The van der Waals surface area contributed by atoms with Crippen molar-refractivity contribution < 1.29 is 4.79 Å². The molecule has 1 aromatic heterocycles. The Hall–Kier alpha value is -2.15. The van der Waals surface area contributed by atoms with Gasteiger partial charge in [0.05, 0.1) is 0 Å². The van der Waals surface area contributed by atoms with Crippen molar-refractivity contribution in [3.05, 3.63) is 30.3 Å². The van der Waals surface area contributed by atoms with Gasteiger partial charge in [0.2, 0.25) is 10.3 Å². The van der Waals surface area contributed by atoms with E-state index in [2.05, 4.69) is 53.4 Å². The Bertz CT molecular complexity index is 631. The van der Waals surface area contributed by atoms with Gasteiger partial charge < -0.3 is 10.2 Å². The highest BCUT2D eigenvalue weighted by molar-refractivity contribution is 7.19. The lowest BCUT2D eigenvalue weighted by atomic mass is 10.1. The quantitative estimate of drug-likeness (QED) is 0.783. The van der Waals surface area contributed by atoms with E-state index < -0.39 is 0 Å². The smallest absolute Gasteiger partial charge is 0.325 e. The van der Waals surface area contributed by atoms with Crippen LogP contribution in [0.1, 0.15) is 27.7 Å². The molecule has 2 aromatic rings. The Labute approximate surface area is 147 Å². The zero-order chi connectivity index (χ0) is 17.5. The molecule has 130 valence electrons. The van der Waals surface area contributed by atoms with Crippen LogP contribution in [0, 0.1) is 11.8 Å². The lowest BCUT2D eigenvalue weighted by Crippen LogP contribution is -2.31. The van der Waals surface area contributed by atoms with Crippen LogP contribution in [0.15, 0.2) is 30.3 Å². The number of carbonyl (C=O) groups is 1. The lowest BCUT2D eigenvalue weighted by Gasteiger charge is -2.25. The van der Waals surface area contributed by atoms with Crippen LogP contribution in [0.5, 0.6) is 0 Å². The average molecular weight is 347 g/mol. The molecule has 0 saturated carbocycles. The number of carbonyl (C=O) groups excluding carboxylic acids is 1. The minimum Gasteiger partial charge on any atom is -0.346 e. The monoisotopic (exact) mass is 347 g/mol. The SMILES string of the molecule is CC(C)CN(CC(C)C)c1nnc(NC(=O)Nc2ccccc2)s1. The number of rotatable bonds is 7. The van der Waals surface area contributed by atoms with Crippen LogP contribution in [0.4, 0.5) is 20.7 Å². The zero-order valence-corrected chi connectivity index (χ0v) is 15.4. The molecule has 2 amide bonds. The van der Waals surface area contributed by atoms with Crippen LogP contribution in [0.2, 0.25) is 0 Å². The van der Waals surface area contributed by atoms with Gasteiger partial charge >= 0.3 is 6.03 Å². The number of amides is 2. The molecule has 0 saturated heterocycles. The van der Waals surface area contributed by atoms with Crippen LogP contribution < -0.4 is 15.5 Å². The maximum Gasteiger partial charge on any atom is 0.325 e. The number of nitrogens with one attached hydrogen (secondary N) is 2. The third-order valence-electron chi connectivity index (χ3n) is 3.11. The van der Waals surface area contributed by atoms with Crippen molar-refractivity contribution >= 4 is 33.3 Å². The molecule has 0 bridgehead atoms. The fourth-order valence-electron chi connectivity index (χ4n) is 2.29. The molecule has 0 radical (unpaired) electrons. The fraction of sp³-hybridized carbons (Fsp3) is 0.471. The van der Waals surface area contributed by atoms with Gasteiger partial charge in [-0.05, 0) is 24.0 Å². The molecule has 0 unspecified atom stereocenters.